The number of benzene rings is 1. The summed E-state index contributed by atoms with van der Waals surface area (Å²) in [6, 6.07) is 4.30. The van der Waals surface area contributed by atoms with E-state index in [0.29, 0.717) is 17.9 Å². The van der Waals surface area contributed by atoms with Crippen LogP contribution in [0.4, 0.5) is 5.69 Å². The summed E-state index contributed by atoms with van der Waals surface area (Å²) in [5, 5.41) is 9.38. The summed E-state index contributed by atoms with van der Waals surface area (Å²) in [4.78, 5) is -0.0213. The van der Waals surface area contributed by atoms with Crippen molar-refractivity contribution in [3.8, 4) is 0 Å². The minimum atomic E-state index is -3.65. The monoisotopic (exact) mass is 292 g/mol. The number of nitrogens with one attached hydrogen (secondary N) is 1. The average Bonchev–Trinajstić information content (AvgIpc) is 2.27. The standard InChI is InChI=1S/C11H17ClN2O3S/c1-8(15)3-2-6-14-18(16,17)11-7-9(12)4-5-10(11)13/h4-5,7-8,14-15H,2-3,6,13H2,1H3. The highest BCUT2D eigenvalue weighted by molar-refractivity contribution is 7.89. The number of nitrogen functional groups attached to an aromatic ring is 1. The summed E-state index contributed by atoms with van der Waals surface area (Å²) in [6.07, 6.45) is 0.649. The summed E-state index contributed by atoms with van der Waals surface area (Å²) >= 11 is 5.74. The van der Waals surface area contributed by atoms with Gasteiger partial charge in [-0.05, 0) is 38.0 Å². The fourth-order valence-corrected chi connectivity index (χ4v) is 2.89. The number of aliphatic hydroxyl groups excluding tert-OH is 1. The molecule has 1 rings (SSSR count). The molecule has 0 saturated heterocycles. The third-order valence-corrected chi connectivity index (χ3v) is 4.11. The van der Waals surface area contributed by atoms with Gasteiger partial charge in [0.25, 0.3) is 0 Å². The number of hydrogen-bond acceptors (Lipinski definition) is 4. The van der Waals surface area contributed by atoms with E-state index in [1.165, 1.54) is 18.2 Å². The summed E-state index contributed by atoms with van der Waals surface area (Å²) < 4.78 is 26.3. The molecule has 0 spiro atoms. The lowest BCUT2D eigenvalue weighted by atomic mass is 10.2. The fraction of sp³-hybridized carbons (Fsp3) is 0.455. The molecule has 0 radical (unpaired) electrons. The van der Waals surface area contributed by atoms with E-state index in [-0.39, 0.29) is 17.1 Å². The van der Waals surface area contributed by atoms with Gasteiger partial charge in [-0.15, -0.1) is 0 Å². The van der Waals surface area contributed by atoms with Crippen molar-refractivity contribution in [1.29, 1.82) is 0 Å². The van der Waals surface area contributed by atoms with Gasteiger partial charge >= 0.3 is 0 Å². The van der Waals surface area contributed by atoms with Crippen LogP contribution in [-0.2, 0) is 10.0 Å². The van der Waals surface area contributed by atoms with Gasteiger partial charge in [0.2, 0.25) is 10.0 Å². The lowest BCUT2D eigenvalue weighted by Gasteiger charge is -2.10. The largest absolute Gasteiger partial charge is 0.398 e. The Balaban J connectivity index is 2.71. The van der Waals surface area contributed by atoms with E-state index < -0.39 is 16.1 Å². The van der Waals surface area contributed by atoms with Crippen LogP contribution >= 0.6 is 11.6 Å². The molecule has 0 aliphatic rings. The molecule has 0 bridgehead atoms. The molecule has 1 atom stereocenters. The molecular formula is C11H17ClN2O3S. The Kier molecular flexibility index (Phi) is 5.40. The Morgan fingerprint density at radius 3 is 2.78 bits per heavy atom. The highest BCUT2D eigenvalue weighted by Crippen LogP contribution is 2.22. The zero-order valence-corrected chi connectivity index (χ0v) is 11.6. The molecular weight excluding hydrogens is 276 g/mol. The van der Waals surface area contributed by atoms with Crippen LogP contribution < -0.4 is 10.5 Å². The first-order valence-electron chi connectivity index (χ1n) is 5.55. The Hall–Kier alpha value is -0.820. The van der Waals surface area contributed by atoms with E-state index in [2.05, 4.69) is 4.72 Å². The molecule has 0 amide bonds. The Bertz CT molecular complexity index is 503. The molecule has 1 aromatic carbocycles. The van der Waals surface area contributed by atoms with Crippen molar-refractivity contribution < 1.29 is 13.5 Å². The number of anilines is 1. The Labute approximate surface area is 112 Å². The summed E-state index contributed by atoms with van der Waals surface area (Å²) in [5.74, 6) is 0. The first kappa shape index (κ1) is 15.2. The summed E-state index contributed by atoms with van der Waals surface area (Å²) in [5.41, 5.74) is 5.77. The number of hydrogen-bond donors (Lipinski definition) is 3. The van der Waals surface area contributed by atoms with Crippen molar-refractivity contribution in [2.45, 2.75) is 30.8 Å². The second-order valence-corrected chi connectivity index (χ2v) is 6.24. The highest BCUT2D eigenvalue weighted by atomic mass is 35.5. The Morgan fingerprint density at radius 2 is 2.17 bits per heavy atom. The molecule has 1 unspecified atom stereocenters. The second kappa shape index (κ2) is 6.38. The third-order valence-electron chi connectivity index (χ3n) is 2.36. The quantitative estimate of drug-likeness (QED) is 0.545. The lowest BCUT2D eigenvalue weighted by molar-refractivity contribution is 0.182. The van der Waals surface area contributed by atoms with Crippen molar-refractivity contribution in [3.63, 3.8) is 0 Å². The van der Waals surface area contributed by atoms with Gasteiger partial charge in [-0.3, -0.25) is 0 Å². The van der Waals surface area contributed by atoms with Crippen LogP contribution in [0.3, 0.4) is 0 Å². The van der Waals surface area contributed by atoms with Crippen LogP contribution in [0, 0.1) is 0 Å². The number of sulfonamides is 1. The van der Waals surface area contributed by atoms with Gasteiger partial charge < -0.3 is 10.8 Å². The first-order chi connectivity index (χ1) is 8.33. The van der Waals surface area contributed by atoms with Crippen molar-refractivity contribution in [3.05, 3.63) is 23.2 Å². The van der Waals surface area contributed by atoms with Gasteiger partial charge in [0.1, 0.15) is 4.90 Å². The average molecular weight is 293 g/mol. The van der Waals surface area contributed by atoms with Crippen LogP contribution in [-0.4, -0.2) is 26.2 Å². The van der Waals surface area contributed by atoms with Crippen LogP contribution in [0.5, 0.6) is 0 Å². The van der Waals surface area contributed by atoms with Crippen molar-refractivity contribution in [2.24, 2.45) is 0 Å². The van der Waals surface area contributed by atoms with E-state index in [1.54, 1.807) is 6.92 Å². The number of halogens is 1. The van der Waals surface area contributed by atoms with Gasteiger partial charge in [0.15, 0.2) is 0 Å². The van der Waals surface area contributed by atoms with Crippen LogP contribution in [0.25, 0.3) is 0 Å². The summed E-state index contributed by atoms with van der Waals surface area (Å²) in [6.45, 7) is 1.91. The number of rotatable bonds is 6. The minimum absolute atomic E-state index is 0.0213. The SMILES string of the molecule is CC(O)CCCNS(=O)(=O)c1cc(Cl)ccc1N. The zero-order valence-electron chi connectivity index (χ0n) is 10.1. The molecule has 18 heavy (non-hydrogen) atoms. The van der Waals surface area contributed by atoms with E-state index in [4.69, 9.17) is 22.4 Å². The fourth-order valence-electron chi connectivity index (χ4n) is 1.42. The maximum Gasteiger partial charge on any atom is 0.242 e. The Morgan fingerprint density at radius 1 is 1.50 bits per heavy atom. The molecule has 5 nitrogen and oxygen atoms in total. The molecule has 102 valence electrons. The predicted molar refractivity (Wildman–Crippen MR) is 72.0 cm³/mol. The van der Waals surface area contributed by atoms with E-state index in [9.17, 15) is 8.42 Å². The highest BCUT2D eigenvalue weighted by Gasteiger charge is 2.17. The molecule has 0 aromatic heterocycles. The van der Waals surface area contributed by atoms with E-state index in [0.717, 1.165) is 0 Å². The van der Waals surface area contributed by atoms with Gasteiger partial charge in [-0.25, -0.2) is 13.1 Å². The van der Waals surface area contributed by atoms with Gasteiger partial charge in [-0.1, -0.05) is 11.6 Å². The predicted octanol–water partition coefficient (Wildman–Crippen LogP) is 1.36. The topological polar surface area (TPSA) is 92.4 Å². The molecule has 0 heterocycles. The lowest BCUT2D eigenvalue weighted by Crippen LogP contribution is -2.26. The molecule has 1 aromatic rings. The molecule has 4 N–H and O–H groups in total. The first-order valence-corrected chi connectivity index (χ1v) is 7.42. The molecule has 7 heteroatoms. The zero-order chi connectivity index (χ0) is 13.8. The second-order valence-electron chi connectivity index (χ2n) is 4.07. The number of aliphatic hydroxyl groups is 1. The van der Waals surface area contributed by atoms with Gasteiger partial charge in [-0.2, -0.15) is 0 Å². The van der Waals surface area contributed by atoms with Crippen LogP contribution in [0.1, 0.15) is 19.8 Å². The smallest absolute Gasteiger partial charge is 0.242 e. The van der Waals surface area contributed by atoms with E-state index in [1.807, 2.05) is 0 Å². The minimum Gasteiger partial charge on any atom is -0.398 e. The normalized spacial score (nSPS) is 13.5. The maximum absolute atomic E-state index is 11.9. The maximum atomic E-state index is 11.9. The van der Waals surface area contributed by atoms with Crippen LogP contribution in [0.2, 0.25) is 5.02 Å². The van der Waals surface area contributed by atoms with Crippen LogP contribution in [0.15, 0.2) is 23.1 Å². The van der Waals surface area contributed by atoms with E-state index >= 15 is 0 Å². The van der Waals surface area contributed by atoms with Crippen molar-refractivity contribution in [1.82, 2.24) is 4.72 Å². The number of nitrogens with two attached hydrogens (primary N) is 1. The molecule has 0 saturated carbocycles. The summed E-state index contributed by atoms with van der Waals surface area (Å²) in [7, 11) is -3.65. The van der Waals surface area contributed by atoms with Crippen molar-refractivity contribution in [2.75, 3.05) is 12.3 Å². The van der Waals surface area contributed by atoms with Gasteiger partial charge in [0.05, 0.1) is 11.8 Å². The molecule has 0 aliphatic heterocycles. The molecule has 0 fully saturated rings. The molecule has 0 aliphatic carbocycles. The van der Waals surface area contributed by atoms with Crippen molar-refractivity contribution >= 4 is 27.3 Å². The third kappa shape index (κ3) is 4.45. The van der Waals surface area contributed by atoms with Gasteiger partial charge in [0, 0.05) is 11.6 Å².